The zero-order valence-corrected chi connectivity index (χ0v) is 11.0. The molecule has 0 bridgehead atoms. The molecule has 0 saturated heterocycles. The molecule has 0 heterocycles. The van der Waals surface area contributed by atoms with Crippen LogP contribution >= 0.6 is 12.6 Å². The zero-order valence-electron chi connectivity index (χ0n) is 7.15. The van der Waals surface area contributed by atoms with Crippen molar-refractivity contribution < 1.29 is 19.5 Å². The van der Waals surface area contributed by atoms with Gasteiger partial charge in [0.2, 0.25) is 0 Å². The SMILES string of the molecule is N#Cc1cc(C#N)c(S)c(C#N)c1.[Zn+2]. The van der Waals surface area contributed by atoms with Crippen molar-refractivity contribution >= 4 is 12.6 Å². The van der Waals surface area contributed by atoms with Crippen molar-refractivity contribution in [1.82, 2.24) is 0 Å². The molecule has 0 unspecified atom stereocenters. The molecule has 0 atom stereocenters. The Morgan fingerprint density at radius 3 is 1.64 bits per heavy atom. The molecule has 1 aromatic rings. The summed E-state index contributed by atoms with van der Waals surface area (Å²) in [6.07, 6.45) is 0. The third-order valence-electron chi connectivity index (χ3n) is 1.48. The summed E-state index contributed by atoms with van der Waals surface area (Å²) in [6, 6.07) is 8.41. The Morgan fingerprint density at radius 2 is 1.36 bits per heavy atom. The van der Waals surface area contributed by atoms with E-state index in [9.17, 15) is 0 Å². The second kappa shape index (κ2) is 5.41. The molecule has 1 aromatic carbocycles. The van der Waals surface area contributed by atoms with Crippen molar-refractivity contribution in [2.45, 2.75) is 4.90 Å². The first-order valence-electron chi connectivity index (χ1n) is 3.30. The van der Waals surface area contributed by atoms with Crippen LogP contribution in [0.25, 0.3) is 0 Å². The summed E-state index contributed by atoms with van der Waals surface area (Å²) in [5.74, 6) is 0. The van der Waals surface area contributed by atoms with Gasteiger partial charge in [-0.1, -0.05) is 0 Å². The predicted octanol–water partition coefficient (Wildman–Crippen LogP) is 1.59. The quantitative estimate of drug-likeness (QED) is 0.561. The average molecular weight is 251 g/mol. The molecule has 3 nitrogen and oxygen atoms in total. The van der Waals surface area contributed by atoms with Gasteiger partial charge in [-0.15, -0.1) is 12.6 Å². The van der Waals surface area contributed by atoms with Gasteiger partial charge in [0.25, 0.3) is 0 Å². The number of nitriles is 3. The van der Waals surface area contributed by atoms with E-state index in [4.69, 9.17) is 15.8 Å². The number of hydrogen-bond acceptors (Lipinski definition) is 4. The van der Waals surface area contributed by atoms with E-state index in [0.29, 0.717) is 10.5 Å². The molecule has 0 spiro atoms. The molecule has 5 heteroatoms. The van der Waals surface area contributed by atoms with Crippen LogP contribution in [0.5, 0.6) is 0 Å². The number of hydrogen-bond donors (Lipinski definition) is 1. The number of nitrogens with zero attached hydrogens (tertiary/aromatic N) is 3. The van der Waals surface area contributed by atoms with Crippen LogP contribution in [0.15, 0.2) is 17.0 Å². The Kier molecular flexibility index (Phi) is 4.89. The minimum Gasteiger partial charge on any atom is -0.192 e. The molecule has 0 aliphatic heterocycles. The fraction of sp³-hybridized carbons (Fsp3) is 0. The molecule has 0 amide bonds. The first kappa shape index (κ1) is 12.7. The topological polar surface area (TPSA) is 71.4 Å². The number of rotatable bonds is 0. The maximum atomic E-state index is 8.64. The van der Waals surface area contributed by atoms with Gasteiger partial charge in [0.1, 0.15) is 12.1 Å². The molecule has 60 valence electrons. The normalized spacial score (nSPS) is 7.57. The van der Waals surface area contributed by atoms with Gasteiger partial charge in [0, 0.05) is 4.90 Å². The third kappa shape index (κ3) is 2.33. The summed E-state index contributed by atoms with van der Waals surface area (Å²) in [4.78, 5) is 0.323. The van der Waals surface area contributed by atoms with Gasteiger partial charge in [0.15, 0.2) is 0 Å². The van der Waals surface area contributed by atoms with Crippen LogP contribution in [-0.2, 0) is 19.5 Å². The van der Waals surface area contributed by atoms with Crippen LogP contribution in [0.3, 0.4) is 0 Å². The molecule has 1 rings (SSSR count). The molecule has 0 aliphatic carbocycles. The number of thiol groups is 1. The fourth-order valence-electron chi connectivity index (χ4n) is 0.869. The molecular weight excluding hydrogens is 248 g/mol. The summed E-state index contributed by atoms with van der Waals surface area (Å²) in [6.45, 7) is 0. The minimum absolute atomic E-state index is 0. The van der Waals surface area contributed by atoms with Gasteiger partial charge in [-0.3, -0.25) is 0 Å². The monoisotopic (exact) mass is 249 g/mol. The van der Waals surface area contributed by atoms with Crippen LogP contribution in [0.4, 0.5) is 0 Å². The van der Waals surface area contributed by atoms with Gasteiger partial charge in [-0.05, 0) is 12.1 Å². The van der Waals surface area contributed by atoms with E-state index >= 15 is 0 Å². The van der Waals surface area contributed by atoms with Crippen molar-refractivity contribution in [3.63, 3.8) is 0 Å². The first-order valence-corrected chi connectivity index (χ1v) is 3.75. The second-order valence-corrected chi connectivity index (χ2v) is 2.70. The summed E-state index contributed by atoms with van der Waals surface area (Å²) in [5.41, 5.74) is 0.795. The van der Waals surface area contributed by atoms with Gasteiger partial charge >= 0.3 is 19.5 Å². The van der Waals surface area contributed by atoms with Crippen molar-refractivity contribution in [1.29, 1.82) is 15.8 Å². The zero-order chi connectivity index (χ0) is 9.84. The van der Waals surface area contributed by atoms with Crippen LogP contribution < -0.4 is 0 Å². The van der Waals surface area contributed by atoms with Crippen molar-refractivity contribution in [2.75, 3.05) is 0 Å². The Morgan fingerprint density at radius 1 is 0.929 bits per heavy atom. The summed E-state index contributed by atoms with van der Waals surface area (Å²) < 4.78 is 0. The van der Waals surface area contributed by atoms with Crippen molar-refractivity contribution in [2.24, 2.45) is 0 Å². The van der Waals surface area contributed by atoms with E-state index in [-0.39, 0.29) is 30.6 Å². The van der Waals surface area contributed by atoms with Gasteiger partial charge in [-0.25, -0.2) is 0 Å². The predicted molar refractivity (Wildman–Crippen MR) is 47.8 cm³/mol. The third-order valence-corrected chi connectivity index (χ3v) is 1.96. The summed E-state index contributed by atoms with van der Waals surface area (Å²) in [7, 11) is 0. The Bertz CT molecular complexity index is 441. The van der Waals surface area contributed by atoms with Crippen LogP contribution in [-0.4, -0.2) is 0 Å². The van der Waals surface area contributed by atoms with E-state index in [2.05, 4.69) is 12.6 Å². The maximum absolute atomic E-state index is 8.64. The fourth-order valence-corrected chi connectivity index (χ4v) is 1.10. The van der Waals surface area contributed by atoms with Crippen molar-refractivity contribution in [3.05, 3.63) is 28.8 Å². The largest absolute Gasteiger partial charge is 2.00 e. The first-order chi connectivity index (χ1) is 6.22. The van der Waals surface area contributed by atoms with Gasteiger partial charge in [0.05, 0.1) is 22.8 Å². The maximum Gasteiger partial charge on any atom is 2.00 e. The molecule has 0 fully saturated rings. The Balaban J connectivity index is 0.00000169. The Labute approximate surface area is 99.7 Å². The summed E-state index contributed by atoms with van der Waals surface area (Å²) >= 11 is 4.00. The number of benzene rings is 1. The van der Waals surface area contributed by atoms with E-state index < -0.39 is 0 Å². The van der Waals surface area contributed by atoms with Crippen LogP contribution in [0.1, 0.15) is 16.7 Å². The molecule has 0 N–H and O–H groups in total. The average Bonchev–Trinajstić information content (AvgIpc) is 2.18. The van der Waals surface area contributed by atoms with Crippen LogP contribution in [0.2, 0.25) is 0 Å². The molecular formula is C9H3N3SZn+2. The van der Waals surface area contributed by atoms with E-state index in [1.807, 2.05) is 18.2 Å². The molecule has 0 radical (unpaired) electrons. The molecule has 0 aliphatic rings. The minimum atomic E-state index is 0. The standard InChI is InChI=1S/C9H3N3S.Zn/c10-3-6-1-7(4-11)9(13)8(2-6)5-12;/h1-2,13H;/q;+2. The summed E-state index contributed by atoms with van der Waals surface area (Å²) in [5, 5.41) is 25.9. The smallest absolute Gasteiger partial charge is 0.192 e. The van der Waals surface area contributed by atoms with E-state index in [0.717, 1.165) is 0 Å². The Hall–Kier alpha value is -1.34. The van der Waals surface area contributed by atoms with E-state index in [1.54, 1.807) is 0 Å². The molecule has 0 saturated carbocycles. The van der Waals surface area contributed by atoms with Gasteiger partial charge in [-0.2, -0.15) is 15.8 Å². The van der Waals surface area contributed by atoms with Crippen molar-refractivity contribution in [3.8, 4) is 18.2 Å². The molecule has 14 heavy (non-hydrogen) atoms. The van der Waals surface area contributed by atoms with E-state index in [1.165, 1.54) is 12.1 Å². The van der Waals surface area contributed by atoms with Crippen LogP contribution in [0, 0.1) is 34.0 Å². The van der Waals surface area contributed by atoms with Gasteiger partial charge < -0.3 is 0 Å². The second-order valence-electron chi connectivity index (χ2n) is 2.26. The molecule has 0 aromatic heterocycles.